The number of benzene rings is 8. The Labute approximate surface area is 249 Å². The first-order valence-electron chi connectivity index (χ1n) is 14.9. The van der Waals surface area contributed by atoms with Gasteiger partial charge in [0.2, 0.25) is 0 Å². The Balaban J connectivity index is 1.44. The molecule has 1 aromatic heterocycles. The minimum Gasteiger partial charge on any atom is -0.308 e. The van der Waals surface area contributed by atoms with Gasteiger partial charge in [0.25, 0.3) is 0 Å². The molecule has 1 nitrogen and oxygen atoms in total. The van der Waals surface area contributed by atoms with Crippen LogP contribution in [0.3, 0.4) is 0 Å². The first-order valence-corrected chi connectivity index (χ1v) is 14.9. The third-order valence-corrected chi connectivity index (χ3v) is 8.96. The molecule has 0 amide bonds. The minimum absolute atomic E-state index is 1.21. The Bertz CT molecular complexity index is 2450. The molecule has 1 heteroatoms. The quantitative estimate of drug-likeness (QED) is 0.195. The number of hydrogen-bond acceptors (Lipinski definition) is 0. The Morgan fingerprint density at radius 2 is 0.837 bits per heavy atom. The van der Waals surface area contributed by atoms with Crippen molar-refractivity contribution >= 4 is 54.1 Å². The lowest BCUT2D eigenvalue weighted by Gasteiger charge is -2.17. The summed E-state index contributed by atoms with van der Waals surface area (Å²) in [7, 11) is 0. The Morgan fingerprint density at radius 3 is 1.60 bits per heavy atom. The van der Waals surface area contributed by atoms with Crippen molar-refractivity contribution in [2.45, 2.75) is 0 Å². The van der Waals surface area contributed by atoms with Gasteiger partial charge in [-0.15, -0.1) is 0 Å². The lowest BCUT2D eigenvalue weighted by atomic mass is 9.93. The zero-order valence-corrected chi connectivity index (χ0v) is 23.5. The molecule has 8 aromatic carbocycles. The fourth-order valence-electron chi connectivity index (χ4n) is 7.12. The van der Waals surface area contributed by atoms with Crippen molar-refractivity contribution in [2.24, 2.45) is 0 Å². The van der Waals surface area contributed by atoms with Gasteiger partial charge in [-0.25, -0.2) is 0 Å². The summed E-state index contributed by atoms with van der Waals surface area (Å²) in [5.74, 6) is 0. The van der Waals surface area contributed by atoms with E-state index in [0.717, 1.165) is 0 Å². The van der Waals surface area contributed by atoms with Crippen molar-refractivity contribution < 1.29 is 0 Å². The van der Waals surface area contributed by atoms with E-state index in [9.17, 15) is 0 Å². The van der Waals surface area contributed by atoms with Crippen molar-refractivity contribution in [3.8, 4) is 27.9 Å². The van der Waals surface area contributed by atoms with Gasteiger partial charge in [-0.2, -0.15) is 0 Å². The highest BCUT2D eigenvalue weighted by Crippen LogP contribution is 2.43. The summed E-state index contributed by atoms with van der Waals surface area (Å²) in [6.07, 6.45) is 0. The van der Waals surface area contributed by atoms with Gasteiger partial charge in [-0.05, 0) is 61.8 Å². The average molecular weight is 546 g/mol. The van der Waals surface area contributed by atoms with Crippen molar-refractivity contribution in [1.82, 2.24) is 4.57 Å². The highest BCUT2D eigenvalue weighted by Gasteiger charge is 2.19. The predicted octanol–water partition coefficient (Wildman–Crippen LogP) is 11.6. The van der Waals surface area contributed by atoms with Crippen molar-refractivity contribution in [2.75, 3.05) is 0 Å². The minimum atomic E-state index is 1.21. The summed E-state index contributed by atoms with van der Waals surface area (Å²) in [5.41, 5.74) is 8.55. The zero-order valence-electron chi connectivity index (χ0n) is 23.5. The van der Waals surface area contributed by atoms with E-state index >= 15 is 0 Å². The molecule has 9 rings (SSSR count). The molecule has 0 saturated heterocycles. The van der Waals surface area contributed by atoms with E-state index < -0.39 is 0 Å². The third kappa shape index (κ3) is 3.58. The van der Waals surface area contributed by atoms with Gasteiger partial charge in [-0.1, -0.05) is 146 Å². The molecule has 43 heavy (non-hydrogen) atoms. The van der Waals surface area contributed by atoms with Crippen LogP contribution in [0.4, 0.5) is 0 Å². The molecule has 0 saturated carbocycles. The molecule has 0 atom stereocenters. The van der Waals surface area contributed by atoms with E-state index in [2.05, 4.69) is 168 Å². The van der Waals surface area contributed by atoms with Gasteiger partial charge in [0.05, 0.1) is 16.7 Å². The third-order valence-electron chi connectivity index (χ3n) is 8.96. The highest BCUT2D eigenvalue weighted by atomic mass is 15.0. The second-order valence-electron chi connectivity index (χ2n) is 11.3. The van der Waals surface area contributed by atoms with Crippen LogP contribution in [0.15, 0.2) is 164 Å². The second kappa shape index (κ2) is 9.44. The van der Waals surface area contributed by atoms with Gasteiger partial charge < -0.3 is 4.57 Å². The summed E-state index contributed by atoms with van der Waals surface area (Å²) < 4.78 is 2.51. The van der Waals surface area contributed by atoms with Crippen LogP contribution < -0.4 is 0 Å². The van der Waals surface area contributed by atoms with Crippen LogP contribution in [0.2, 0.25) is 0 Å². The molecule has 0 aliphatic heterocycles. The summed E-state index contributed by atoms with van der Waals surface area (Å²) in [4.78, 5) is 0. The van der Waals surface area contributed by atoms with Crippen LogP contribution in [0, 0.1) is 0 Å². The van der Waals surface area contributed by atoms with E-state index in [1.807, 2.05) is 0 Å². The Morgan fingerprint density at radius 1 is 0.326 bits per heavy atom. The number of aromatic nitrogens is 1. The van der Waals surface area contributed by atoms with Crippen molar-refractivity contribution in [3.05, 3.63) is 164 Å². The molecule has 0 N–H and O–H groups in total. The first-order chi connectivity index (χ1) is 21.4. The Kier molecular flexibility index (Phi) is 5.27. The van der Waals surface area contributed by atoms with Crippen LogP contribution in [0.25, 0.3) is 82.1 Å². The number of hydrogen-bond donors (Lipinski definition) is 0. The summed E-state index contributed by atoms with van der Waals surface area (Å²) in [6.45, 7) is 0. The molecule has 0 fully saturated rings. The summed E-state index contributed by atoms with van der Waals surface area (Å²) >= 11 is 0. The fraction of sp³-hybridized carbons (Fsp3) is 0. The van der Waals surface area contributed by atoms with Crippen molar-refractivity contribution in [3.63, 3.8) is 0 Å². The second-order valence-corrected chi connectivity index (χ2v) is 11.3. The van der Waals surface area contributed by atoms with Gasteiger partial charge >= 0.3 is 0 Å². The summed E-state index contributed by atoms with van der Waals surface area (Å²) in [5, 5.41) is 10.2. The normalized spacial score (nSPS) is 11.7. The molecule has 200 valence electrons. The van der Waals surface area contributed by atoms with E-state index in [1.165, 1.54) is 82.1 Å². The van der Waals surface area contributed by atoms with Crippen molar-refractivity contribution in [1.29, 1.82) is 0 Å². The van der Waals surface area contributed by atoms with Crippen LogP contribution in [-0.2, 0) is 0 Å². The molecule has 9 aromatic rings. The van der Waals surface area contributed by atoms with E-state index in [0.29, 0.717) is 0 Å². The van der Waals surface area contributed by atoms with Crippen LogP contribution in [0.1, 0.15) is 0 Å². The number of rotatable bonds is 3. The predicted molar refractivity (Wildman–Crippen MR) is 184 cm³/mol. The maximum Gasteiger partial charge on any atom is 0.0619 e. The number of nitrogens with zero attached hydrogens (tertiary/aromatic N) is 1. The molecule has 0 bridgehead atoms. The molecular formula is C42H27N. The first kappa shape index (κ1) is 24.0. The highest BCUT2D eigenvalue weighted by molar-refractivity contribution is 6.28. The average Bonchev–Trinajstić information content (AvgIpc) is 3.43. The van der Waals surface area contributed by atoms with E-state index in [-0.39, 0.29) is 0 Å². The van der Waals surface area contributed by atoms with Gasteiger partial charge in [0.15, 0.2) is 0 Å². The molecule has 0 spiro atoms. The van der Waals surface area contributed by atoms with Crippen LogP contribution in [0.5, 0.6) is 0 Å². The smallest absolute Gasteiger partial charge is 0.0619 e. The largest absolute Gasteiger partial charge is 0.308 e. The van der Waals surface area contributed by atoms with E-state index in [4.69, 9.17) is 0 Å². The molecular weight excluding hydrogens is 518 g/mol. The van der Waals surface area contributed by atoms with Gasteiger partial charge in [0, 0.05) is 21.7 Å². The maximum atomic E-state index is 2.51. The molecule has 0 aliphatic rings. The lowest BCUT2D eigenvalue weighted by molar-refractivity contribution is 1.20. The standard InChI is InChI=1S/C42H27N/c1-2-13-28(14-3-1)29-15-10-16-30(27-29)31-22-11-24-38-35-20-8-9-25-39(35)43(42(31)38)40-26-12-23-37-34-18-5-4-17-32(34)33-19-6-7-21-36(33)41(37)40/h1-27H. The fourth-order valence-corrected chi connectivity index (χ4v) is 7.12. The SMILES string of the molecule is c1ccc(-c2cccc(-c3cccc4c5ccccc5n(-c5cccc6c7ccccc7c7ccccc7c56)c34)c2)cc1. The topological polar surface area (TPSA) is 4.93 Å². The monoisotopic (exact) mass is 545 g/mol. The van der Waals surface area contributed by atoms with Crippen LogP contribution in [-0.4, -0.2) is 4.57 Å². The molecule has 0 radical (unpaired) electrons. The zero-order chi connectivity index (χ0) is 28.3. The Hall–Kier alpha value is -5.66. The number of para-hydroxylation sites is 2. The van der Waals surface area contributed by atoms with Gasteiger partial charge in [0.1, 0.15) is 0 Å². The maximum absolute atomic E-state index is 2.51. The number of fused-ring (bicyclic) bond motifs is 9. The molecule has 0 aliphatic carbocycles. The van der Waals surface area contributed by atoms with E-state index in [1.54, 1.807) is 0 Å². The van der Waals surface area contributed by atoms with Gasteiger partial charge in [-0.3, -0.25) is 0 Å². The summed E-state index contributed by atoms with van der Waals surface area (Å²) in [6, 6.07) is 59.7. The molecule has 1 heterocycles. The lowest BCUT2D eigenvalue weighted by Crippen LogP contribution is -1.98. The van der Waals surface area contributed by atoms with Crippen LogP contribution >= 0.6 is 0 Å². The molecule has 0 unspecified atom stereocenters.